The summed E-state index contributed by atoms with van der Waals surface area (Å²) in [6.07, 6.45) is 0.109. The van der Waals surface area contributed by atoms with Gasteiger partial charge >= 0.3 is 0 Å². The molecule has 0 aliphatic carbocycles. The SMILES string of the molecule is CCNC(=O)Cc1c(C)n(C(=O)c2ccc(Br)cc2)c2cc(Cl)c(O)cc12. The number of hydrogen-bond donors (Lipinski definition) is 2. The molecule has 1 amide bonds. The Labute approximate surface area is 170 Å². The van der Waals surface area contributed by atoms with Gasteiger partial charge in [0, 0.05) is 27.7 Å². The van der Waals surface area contributed by atoms with Crippen molar-refractivity contribution in [1.29, 1.82) is 0 Å². The third kappa shape index (κ3) is 3.73. The monoisotopic (exact) mass is 448 g/mol. The highest BCUT2D eigenvalue weighted by Crippen LogP contribution is 2.35. The maximum Gasteiger partial charge on any atom is 0.262 e. The number of fused-ring (bicyclic) bond motifs is 1. The third-order valence-corrected chi connectivity index (χ3v) is 5.24. The maximum absolute atomic E-state index is 13.2. The standard InChI is InChI=1S/C20H18BrClN2O3/c1-3-23-19(26)9-14-11(2)24(17-10-16(22)18(25)8-15(14)17)20(27)12-4-6-13(21)7-5-12/h4-8,10,25H,3,9H2,1-2H3,(H,23,26). The van der Waals surface area contributed by atoms with Crippen LogP contribution in [0.4, 0.5) is 0 Å². The van der Waals surface area contributed by atoms with Gasteiger partial charge in [-0.15, -0.1) is 0 Å². The van der Waals surface area contributed by atoms with Crippen LogP contribution >= 0.6 is 27.5 Å². The first-order valence-corrected chi connectivity index (χ1v) is 9.60. The lowest BCUT2D eigenvalue weighted by atomic mass is 10.1. The molecule has 140 valence electrons. The summed E-state index contributed by atoms with van der Waals surface area (Å²) >= 11 is 9.45. The number of amides is 1. The Morgan fingerprint density at radius 3 is 2.52 bits per heavy atom. The van der Waals surface area contributed by atoms with Gasteiger partial charge in [-0.2, -0.15) is 0 Å². The first-order chi connectivity index (χ1) is 12.8. The molecule has 0 spiro atoms. The summed E-state index contributed by atoms with van der Waals surface area (Å²) in [5.41, 5.74) is 2.40. The molecule has 0 aliphatic heterocycles. The molecule has 0 saturated heterocycles. The van der Waals surface area contributed by atoms with E-state index in [0.29, 0.717) is 34.3 Å². The van der Waals surface area contributed by atoms with Gasteiger partial charge in [0.1, 0.15) is 5.75 Å². The molecule has 3 aromatic rings. The smallest absolute Gasteiger partial charge is 0.262 e. The van der Waals surface area contributed by atoms with E-state index >= 15 is 0 Å². The molecule has 2 N–H and O–H groups in total. The molecule has 1 heterocycles. The fraction of sp³-hybridized carbons (Fsp3) is 0.200. The summed E-state index contributed by atoms with van der Waals surface area (Å²) in [6.45, 7) is 4.15. The second-order valence-electron chi connectivity index (χ2n) is 6.16. The first kappa shape index (κ1) is 19.5. The number of aromatic nitrogens is 1. The maximum atomic E-state index is 13.2. The second-order valence-corrected chi connectivity index (χ2v) is 7.49. The number of benzene rings is 2. The Kier molecular flexibility index (Phi) is 5.58. The summed E-state index contributed by atoms with van der Waals surface area (Å²) in [7, 11) is 0. The van der Waals surface area contributed by atoms with Crippen molar-refractivity contribution >= 4 is 50.2 Å². The van der Waals surface area contributed by atoms with Crippen molar-refractivity contribution in [3.63, 3.8) is 0 Å². The van der Waals surface area contributed by atoms with Crippen molar-refractivity contribution in [3.05, 3.63) is 62.7 Å². The molecular formula is C20H18BrClN2O3. The summed E-state index contributed by atoms with van der Waals surface area (Å²) in [4.78, 5) is 25.3. The van der Waals surface area contributed by atoms with Gasteiger partial charge in [0.25, 0.3) is 5.91 Å². The summed E-state index contributed by atoms with van der Waals surface area (Å²) in [6, 6.07) is 10.1. The van der Waals surface area contributed by atoms with Crippen LogP contribution < -0.4 is 5.32 Å². The van der Waals surface area contributed by atoms with Crippen molar-refractivity contribution in [2.75, 3.05) is 6.54 Å². The predicted molar refractivity (Wildman–Crippen MR) is 110 cm³/mol. The average molecular weight is 450 g/mol. The molecular weight excluding hydrogens is 432 g/mol. The highest BCUT2D eigenvalue weighted by Gasteiger charge is 2.22. The van der Waals surface area contributed by atoms with E-state index in [1.54, 1.807) is 41.8 Å². The number of rotatable bonds is 4. The van der Waals surface area contributed by atoms with Gasteiger partial charge < -0.3 is 10.4 Å². The van der Waals surface area contributed by atoms with E-state index in [2.05, 4.69) is 21.2 Å². The number of halogens is 2. The van der Waals surface area contributed by atoms with Gasteiger partial charge in [0.15, 0.2) is 0 Å². The molecule has 3 rings (SSSR count). The molecule has 1 aromatic heterocycles. The largest absolute Gasteiger partial charge is 0.506 e. The van der Waals surface area contributed by atoms with Crippen LogP contribution in [0.5, 0.6) is 5.75 Å². The number of nitrogens with zero attached hydrogens (tertiary/aromatic N) is 1. The van der Waals surface area contributed by atoms with Crippen molar-refractivity contribution in [2.45, 2.75) is 20.3 Å². The van der Waals surface area contributed by atoms with Crippen LogP contribution in [0.2, 0.25) is 5.02 Å². The molecule has 2 aromatic carbocycles. The molecule has 0 radical (unpaired) electrons. The first-order valence-electron chi connectivity index (χ1n) is 8.42. The lowest BCUT2D eigenvalue weighted by Crippen LogP contribution is -2.24. The van der Waals surface area contributed by atoms with Gasteiger partial charge in [0.05, 0.1) is 17.0 Å². The lowest BCUT2D eigenvalue weighted by Gasteiger charge is -2.08. The molecule has 0 bridgehead atoms. The van der Waals surface area contributed by atoms with Crippen molar-refractivity contribution in [1.82, 2.24) is 9.88 Å². The molecule has 0 unspecified atom stereocenters. The zero-order valence-corrected chi connectivity index (χ0v) is 17.2. The number of nitrogens with one attached hydrogen (secondary N) is 1. The van der Waals surface area contributed by atoms with Crippen LogP contribution in [-0.2, 0) is 11.2 Å². The Balaban J connectivity index is 2.21. The number of carbonyl (C=O) groups excluding carboxylic acids is 2. The number of phenolic OH excluding ortho intramolecular Hbond substituents is 1. The molecule has 0 atom stereocenters. The minimum absolute atomic E-state index is 0.0884. The molecule has 0 fully saturated rings. The van der Waals surface area contributed by atoms with Gasteiger partial charge in [-0.1, -0.05) is 27.5 Å². The normalized spacial score (nSPS) is 11.0. The Morgan fingerprint density at radius 1 is 1.22 bits per heavy atom. The number of likely N-dealkylation sites (N-methyl/N-ethyl adjacent to an activating group) is 1. The van der Waals surface area contributed by atoms with Gasteiger partial charge in [-0.05, 0) is 55.8 Å². The lowest BCUT2D eigenvalue weighted by molar-refractivity contribution is -0.120. The fourth-order valence-electron chi connectivity index (χ4n) is 3.12. The second kappa shape index (κ2) is 7.74. The zero-order valence-electron chi connectivity index (χ0n) is 14.8. The summed E-state index contributed by atoms with van der Waals surface area (Å²) < 4.78 is 2.41. The highest BCUT2D eigenvalue weighted by molar-refractivity contribution is 9.10. The predicted octanol–water partition coefficient (Wildman–Crippen LogP) is 4.44. The van der Waals surface area contributed by atoms with Gasteiger partial charge in [-0.25, -0.2) is 0 Å². The van der Waals surface area contributed by atoms with Crippen molar-refractivity contribution < 1.29 is 14.7 Å². The van der Waals surface area contributed by atoms with E-state index in [-0.39, 0.29) is 29.0 Å². The Bertz CT molecular complexity index is 1040. The van der Waals surface area contributed by atoms with Crippen LogP contribution in [0.15, 0.2) is 40.9 Å². The zero-order chi connectivity index (χ0) is 19.7. The number of carbonyl (C=O) groups is 2. The van der Waals surface area contributed by atoms with E-state index < -0.39 is 0 Å². The van der Waals surface area contributed by atoms with Crippen molar-refractivity contribution in [3.8, 4) is 5.75 Å². The summed E-state index contributed by atoms with van der Waals surface area (Å²) in [5.74, 6) is -0.464. The van der Waals surface area contributed by atoms with E-state index in [1.165, 1.54) is 6.07 Å². The van der Waals surface area contributed by atoms with Gasteiger partial charge in [0.2, 0.25) is 5.91 Å². The topological polar surface area (TPSA) is 71.3 Å². The minimum Gasteiger partial charge on any atom is -0.506 e. The Hall–Kier alpha value is -2.31. The van der Waals surface area contributed by atoms with E-state index in [4.69, 9.17) is 11.6 Å². The quantitative estimate of drug-likeness (QED) is 0.619. The van der Waals surface area contributed by atoms with Crippen molar-refractivity contribution in [2.24, 2.45) is 0 Å². The van der Waals surface area contributed by atoms with E-state index in [1.807, 2.05) is 6.92 Å². The van der Waals surface area contributed by atoms with E-state index in [0.717, 1.165) is 4.47 Å². The van der Waals surface area contributed by atoms with Crippen LogP contribution in [0.3, 0.4) is 0 Å². The number of aromatic hydroxyl groups is 1. The molecule has 0 saturated carbocycles. The minimum atomic E-state index is -0.228. The van der Waals surface area contributed by atoms with Crippen LogP contribution in [-0.4, -0.2) is 28.0 Å². The van der Waals surface area contributed by atoms with Crippen LogP contribution in [0.1, 0.15) is 28.5 Å². The van der Waals surface area contributed by atoms with Crippen LogP contribution in [0, 0.1) is 6.92 Å². The fourth-order valence-corrected chi connectivity index (χ4v) is 3.54. The van der Waals surface area contributed by atoms with Gasteiger partial charge in [-0.3, -0.25) is 14.2 Å². The number of phenols is 1. The Morgan fingerprint density at radius 2 is 1.89 bits per heavy atom. The molecule has 0 aliphatic rings. The van der Waals surface area contributed by atoms with Crippen LogP contribution in [0.25, 0.3) is 10.9 Å². The van der Waals surface area contributed by atoms with E-state index in [9.17, 15) is 14.7 Å². The molecule has 5 nitrogen and oxygen atoms in total. The average Bonchev–Trinajstić information content (AvgIpc) is 2.87. The third-order valence-electron chi connectivity index (χ3n) is 4.41. The highest BCUT2D eigenvalue weighted by atomic mass is 79.9. The molecule has 27 heavy (non-hydrogen) atoms. The summed E-state index contributed by atoms with van der Waals surface area (Å²) in [5, 5.41) is 13.6. The number of hydrogen-bond acceptors (Lipinski definition) is 3. The molecule has 7 heteroatoms.